The van der Waals surface area contributed by atoms with E-state index in [0.29, 0.717) is 9.76 Å². The molecule has 0 aliphatic rings. The molecule has 1 atom stereocenters. The Morgan fingerprint density at radius 3 is 2.19 bits per heavy atom. The zero-order valence-electron chi connectivity index (χ0n) is 13.8. The maximum absolute atomic E-state index is 5.87. The monoisotopic (exact) mass is 302 g/mol. The summed E-state index contributed by atoms with van der Waals surface area (Å²) in [6, 6.07) is 0. The van der Waals surface area contributed by atoms with Crippen molar-refractivity contribution in [3.8, 4) is 0 Å². The largest absolute Gasteiger partial charge is 0.411 e. The number of unbranched alkanes of at least 4 members (excludes halogenated alkanes) is 4. The van der Waals surface area contributed by atoms with E-state index in [2.05, 4.69) is 39.8 Å². The predicted molar refractivity (Wildman–Crippen MR) is 96.6 cm³/mol. The predicted octanol–water partition coefficient (Wildman–Crippen LogP) is 5.81. The van der Waals surface area contributed by atoms with Gasteiger partial charge in [-0.15, -0.1) is 0 Å². The Labute approximate surface area is 134 Å². The molecule has 0 aromatic carbocycles. The first-order valence-corrected chi connectivity index (χ1v) is 9.11. The van der Waals surface area contributed by atoms with E-state index in [4.69, 9.17) is 4.43 Å². The van der Waals surface area contributed by atoms with E-state index in [9.17, 15) is 0 Å². The van der Waals surface area contributed by atoms with Gasteiger partial charge in [-0.2, -0.15) is 0 Å². The molecule has 0 fully saturated rings. The van der Waals surface area contributed by atoms with Gasteiger partial charge in [0, 0.05) is 0 Å². The molecule has 2 radical (unpaired) electrons. The van der Waals surface area contributed by atoms with Crippen molar-refractivity contribution in [2.24, 2.45) is 0 Å². The van der Waals surface area contributed by atoms with Gasteiger partial charge in [0.25, 0.3) is 0 Å². The van der Waals surface area contributed by atoms with Crippen LogP contribution >= 0.6 is 0 Å². The minimum Gasteiger partial charge on any atom is -0.411 e. The van der Waals surface area contributed by atoms with Crippen LogP contribution < -0.4 is 0 Å². The summed E-state index contributed by atoms with van der Waals surface area (Å²) in [5.41, 5.74) is 3.35. The Kier molecular flexibility index (Phi) is 10.9. The van der Waals surface area contributed by atoms with Crippen LogP contribution in [-0.2, 0) is 4.43 Å². The van der Waals surface area contributed by atoms with Crippen LogP contribution in [-0.4, -0.2) is 15.9 Å². The number of hydrogen-bond acceptors (Lipinski definition) is 1. The van der Waals surface area contributed by atoms with E-state index in [1.165, 1.54) is 25.7 Å². The number of hydrogen-bond donors (Lipinski definition) is 0. The van der Waals surface area contributed by atoms with Crippen LogP contribution in [0.25, 0.3) is 0 Å². The van der Waals surface area contributed by atoms with E-state index < -0.39 is 0 Å². The van der Waals surface area contributed by atoms with Gasteiger partial charge >= 0.3 is 0 Å². The van der Waals surface area contributed by atoms with Gasteiger partial charge in [0.2, 0.25) is 9.76 Å². The zero-order valence-corrected chi connectivity index (χ0v) is 14.8. The summed E-state index contributed by atoms with van der Waals surface area (Å²) in [7, 11) is 0.450. The summed E-state index contributed by atoms with van der Waals surface area (Å²) >= 11 is 0. The second kappa shape index (κ2) is 11.5. The number of rotatable bonds is 13. The molecule has 0 aliphatic heterocycles. The molecule has 0 spiro atoms. The molecule has 0 N–H and O–H groups in total. The molecule has 1 unspecified atom stereocenters. The van der Waals surface area contributed by atoms with Crippen LogP contribution in [0.1, 0.15) is 45.4 Å². The van der Waals surface area contributed by atoms with Crippen LogP contribution in [0.3, 0.4) is 0 Å². The molecular formula is C19H30OSi. The zero-order chi connectivity index (χ0) is 16.3. The molecule has 0 saturated heterocycles. The highest BCUT2D eigenvalue weighted by atomic mass is 28.2. The smallest absolute Gasteiger partial charge is 0.227 e. The lowest BCUT2D eigenvalue weighted by molar-refractivity contribution is 0.238. The maximum atomic E-state index is 5.87. The van der Waals surface area contributed by atoms with Crippen molar-refractivity contribution >= 4 is 9.76 Å². The lowest BCUT2D eigenvalue weighted by Crippen LogP contribution is -2.18. The van der Waals surface area contributed by atoms with Crippen molar-refractivity contribution in [3.05, 3.63) is 61.3 Å². The molecule has 1 nitrogen and oxygen atoms in total. The SMILES string of the molecule is C=CC(=C)C(=C)C(=C)C(=C)C(CCCCCCC)O[Si]C. The van der Waals surface area contributed by atoms with Gasteiger partial charge in [-0.3, -0.25) is 0 Å². The second-order valence-electron chi connectivity index (χ2n) is 5.23. The van der Waals surface area contributed by atoms with E-state index in [1.807, 2.05) is 6.55 Å². The van der Waals surface area contributed by atoms with Gasteiger partial charge in [0.1, 0.15) is 0 Å². The highest BCUT2D eigenvalue weighted by molar-refractivity contribution is 6.24. The fourth-order valence-corrected chi connectivity index (χ4v) is 2.63. The third-order valence-corrected chi connectivity index (χ3v) is 4.12. The first kappa shape index (κ1) is 19.9. The molecule has 21 heavy (non-hydrogen) atoms. The van der Waals surface area contributed by atoms with Crippen molar-refractivity contribution < 1.29 is 4.43 Å². The maximum Gasteiger partial charge on any atom is 0.227 e. The van der Waals surface area contributed by atoms with Crippen LogP contribution in [0.5, 0.6) is 0 Å². The molecule has 0 aromatic rings. The van der Waals surface area contributed by atoms with Crippen molar-refractivity contribution in [2.75, 3.05) is 0 Å². The van der Waals surface area contributed by atoms with E-state index in [1.54, 1.807) is 6.08 Å². The van der Waals surface area contributed by atoms with Gasteiger partial charge in [-0.1, -0.05) is 78.0 Å². The van der Waals surface area contributed by atoms with E-state index in [-0.39, 0.29) is 6.10 Å². The van der Waals surface area contributed by atoms with Crippen LogP contribution in [0.4, 0.5) is 0 Å². The molecule has 0 heterocycles. The topological polar surface area (TPSA) is 9.23 Å². The summed E-state index contributed by atoms with van der Waals surface area (Å²) in [5.74, 6) is 0. The molecule has 0 bridgehead atoms. The molecule has 116 valence electrons. The van der Waals surface area contributed by atoms with Gasteiger partial charge in [0.05, 0.1) is 6.10 Å². The fraction of sp³-hybridized carbons (Fsp3) is 0.474. The first-order valence-electron chi connectivity index (χ1n) is 7.70. The summed E-state index contributed by atoms with van der Waals surface area (Å²) < 4.78 is 5.87. The standard InChI is InChI=1S/C19H30OSi/c1-8-10-11-12-13-14-19(20-21-7)18(6)17(5)16(4)15(3)9-2/h9,19H,2-6,8,10-14H2,1,7H3. The third kappa shape index (κ3) is 7.44. The van der Waals surface area contributed by atoms with Gasteiger partial charge in [-0.25, -0.2) is 0 Å². The summed E-state index contributed by atoms with van der Waals surface area (Å²) in [5, 5.41) is 0. The van der Waals surface area contributed by atoms with Crippen molar-refractivity contribution in [2.45, 2.75) is 58.1 Å². The average molecular weight is 303 g/mol. The first-order chi connectivity index (χ1) is 9.99. The van der Waals surface area contributed by atoms with Crippen molar-refractivity contribution in [1.82, 2.24) is 0 Å². The average Bonchev–Trinajstić information content (AvgIpc) is 2.50. The Hall–Kier alpha value is -1.12. The minimum atomic E-state index is 0.0387. The molecule has 2 heteroatoms. The Balaban J connectivity index is 4.53. The van der Waals surface area contributed by atoms with Gasteiger partial charge in [-0.05, 0) is 35.3 Å². The normalized spacial score (nSPS) is 11.7. The Bertz CT molecular complexity index is 392. The van der Waals surface area contributed by atoms with Gasteiger partial charge in [0.15, 0.2) is 0 Å². The fourth-order valence-electron chi connectivity index (χ4n) is 2.08. The Morgan fingerprint density at radius 2 is 1.67 bits per heavy atom. The van der Waals surface area contributed by atoms with Gasteiger partial charge < -0.3 is 4.43 Å². The lowest BCUT2D eigenvalue weighted by atomic mass is 9.91. The highest BCUT2D eigenvalue weighted by Gasteiger charge is 2.17. The molecule has 0 aromatic heterocycles. The van der Waals surface area contributed by atoms with E-state index in [0.717, 1.165) is 35.1 Å². The van der Waals surface area contributed by atoms with Crippen LogP contribution in [0.2, 0.25) is 6.55 Å². The molecule has 0 amide bonds. The molecule has 0 saturated carbocycles. The summed E-state index contributed by atoms with van der Waals surface area (Å²) in [6.07, 6.45) is 9.02. The second-order valence-corrected chi connectivity index (χ2v) is 5.87. The van der Waals surface area contributed by atoms with Crippen LogP contribution in [0.15, 0.2) is 61.3 Å². The third-order valence-electron chi connectivity index (χ3n) is 3.60. The minimum absolute atomic E-state index is 0.0387. The summed E-state index contributed by atoms with van der Waals surface area (Å²) in [4.78, 5) is 0. The van der Waals surface area contributed by atoms with Crippen molar-refractivity contribution in [1.29, 1.82) is 0 Å². The number of allylic oxidation sites excluding steroid dienone is 3. The molecular weight excluding hydrogens is 272 g/mol. The van der Waals surface area contributed by atoms with Crippen LogP contribution in [0, 0.1) is 0 Å². The van der Waals surface area contributed by atoms with E-state index >= 15 is 0 Å². The summed E-state index contributed by atoms with van der Waals surface area (Å²) in [6.45, 7) is 24.2. The lowest BCUT2D eigenvalue weighted by Gasteiger charge is -2.22. The Morgan fingerprint density at radius 1 is 1.05 bits per heavy atom. The molecule has 0 aliphatic carbocycles. The highest BCUT2D eigenvalue weighted by Crippen LogP contribution is 2.27. The quantitative estimate of drug-likeness (QED) is 0.237. The van der Waals surface area contributed by atoms with Crippen molar-refractivity contribution in [3.63, 3.8) is 0 Å². The molecule has 0 rings (SSSR count).